The molecule has 45 heavy (non-hydrogen) atoms. The Balaban J connectivity index is 1.25. The van der Waals surface area contributed by atoms with Crippen LogP contribution in [0, 0.1) is 5.82 Å². The van der Waals surface area contributed by atoms with Gasteiger partial charge in [0.05, 0.1) is 11.1 Å². The zero-order valence-corrected chi connectivity index (χ0v) is 25.0. The molecule has 1 saturated carbocycles. The predicted octanol–water partition coefficient (Wildman–Crippen LogP) is 6.90. The molecule has 7 nitrogen and oxygen atoms in total. The molecular weight excluding hydrogens is 567 g/mol. The second-order valence-corrected chi connectivity index (χ2v) is 12.7. The van der Waals surface area contributed by atoms with E-state index in [4.69, 9.17) is 10.5 Å². The first kappa shape index (κ1) is 27.8. The topological polar surface area (TPSA) is 89.6 Å². The van der Waals surface area contributed by atoms with Crippen LogP contribution in [0.15, 0.2) is 77.7 Å². The van der Waals surface area contributed by atoms with Gasteiger partial charge in [0.25, 0.3) is 5.91 Å². The number of halogens is 1. The number of fused-ring (bicyclic) bond motifs is 3. The summed E-state index contributed by atoms with van der Waals surface area (Å²) in [6.07, 6.45) is 8.31. The van der Waals surface area contributed by atoms with Gasteiger partial charge in [0, 0.05) is 31.9 Å². The molecule has 1 aliphatic carbocycles. The van der Waals surface area contributed by atoms with E-state index in [9.17, 15) is 9.59 Å². The minimum atomic E-state index is -0.571. The first-order valence-corrected chi connectivity index (χ1v) is 16.0. The van der Waals surface area contributed by atoms with Crippen molar-refractivity contribution in [3.05, 3.63) is 106 Å². The number of anilines is 1. The second kappa shape index (κ2) is 11.0. The maximum atomic E-state index is 16.0. The minimum absolute atomic E-state index is 0.0417. The van der Waals surface area contributed by atoms with Crippen molar-refractivity contribution in [1.29, 1.82) is 0 Å². The summed E-state index contributed by atoms with van der Waals surface area (Å²) in [4.78, 5) is 29.7. The Labute approximate surface area is 260 Å². The Hall–Kier alpha value is -4.69. The van der Waals surface area contributed by atoms with Crippen LogP contribution in [0.3, 0.4) is 0 Å². The highest BCUT2D eigenvalue weighted by Gasteiger charge is 2.33. The van der Waals surface area contributed by atoms with Crippen molar-refractivity contribution in [2.45, 2.75) is 57.0 Å². The summed E-state index contributed by atoms with van der Waals surface area (Å²) in [5, 5.41) is 5.06. The first-order chi connectivity index (χ1) is 22.0. The van der Waals surface area contributed by atoms with Gasteiger partial charge in [-0.2, -0.15) is 0 Å². The number of carbonyl (C=O) groups excluding carboxylic acids is 1. The van der Waals surface area contributed by atoms with Gasteiger partial charge in [-0.25, -0.2) is 4.39 Å². The van der Waals surface area contributed by atoms with Gasteiger partial charge in [-0.3, -0.25) is 9.59 Å². The van der Waals surface area contributed by atoms with E-state index in [-0.39, 0.29) is 22.7 Å². The van der Waals surface area contributed by atoms with Crippen molar-refractivity contribution in [1.82, 2.24) is 9.88 Å². The second-order valence-electron chi connectivity index (χ2n) is 12.7. The third-order valence-corrected chi connectivity index (χ3v) is 9.79. The van der Waals surface area contributed by atoms with Crippen LogP contribution in [0.25, 0.3) is 27.4 Å². The average molecular weight is 603 g/mol. The van der Waals surface area contributed by atoms with Crippen molar-refractivity contribution in [3.8, 4) is 17.2 Å². The maximum Gasteiger partial charge on any atom is 0.257 e. The maximum absolute atomic E-state index is 16.0. The van der Waals surface area contributed by atoms with Crippen molar-refractivity contribution in [2.24, 2.45) is 5.73 Å². The molecule has 3 aliphatic rings. The lowest BCUT2D eigenvalue weighted by molar-refractivity contribution is 0.0949. The molecule has 0 bridgehead atoms. The van der Waals surface area contributed by atoms with Gasteiger partial charge in [0.1, 0.15) is 16.8 Å². The number of rotatable bonds is 5. The summed E-state index contributed by atoms with van der Waals surface area (Å²) < 4.78 is 24.3. The number of benzene rings is 4. The molecule has 4 aromatic carbocycles. The molecule has 1 amide bonds. The molecule has 1 saturated heterocycles. The molecule has 8 heteroatoms. The van der Waals surface area contributed by atoms with Crippen molar-refractivity contribution in [2.75, 3.05) is 18.0 Å². The first-order valence-electron chi connectivity index (χ1n) is 16.0. The number of hydrogen-bond donors (Lipinski definition) is 2. The zero-order valence-electron chi connectivity index (χ0n) is 25.0. The molecule has 1 aromatic heterocycles. The highest BCUT2D eigenvalue weighted by atomic mass is 19.1. The number of ether oxygens (including phenoxy) is 1. The Morgan fingerprint density at radius 2 is 1.73 bits per heavy atom. The van der Waals surface area contributed by atoms with E-state index in [1.807, 2.05) is 58.0 Å². The Morgan fingerprint density at radius 3 is 2.51 bits per heavy atom. The van der Waals surface area contributed by atoms with Gasteiger partial charge in [0.15, 0.2) is 17.3 Å². The standard InChI is InChI=1S/C37H35FN4O3/c38-30-18-28-33-36(34(30)41-15-14-26(39)20-41)45-32-17-24-11-5-4-10-23(24)16-31(32)42(33)21-29(35(28)43)37(44)40-19-25-12-6-7-13-27(25)22-8-2-1-3-9-22/h4-7,10-13,16-18,21-22,26H,1-3,8-9,14-15,19-20,39H2,(H,40,44). The number of nitrogens with one attached hydrogen (secondary N) is 1. The van der Waals surface area contributed by atoms with Crippen LogP contribution in [-0.2, 0) is 6.54 Å². The van der Waals surface area contributed by atoms with Crippen LogP contribution in [0.5, 0.6) is 11.5 Å². The number of hydrogen-bond acceptors (Lipinski definition) is 5. The van der Waals surface area contributed by atoms with E-state index in [1.54, 1.807) is 6.20 Å². The molecule has 1 atom stereocenters. The summed E-state index contributed by atoms with van der Waals surface area (Å²) in [6.45, 7) is 1.37. The quantitative estimate of drug-likeness (QED) is 0.224. The molecule has 228 valence electrons. The van der Waals surface area contributed by atoms with Gasteiger partial charge in [0.2, 0.25) is 5.43 Å². The number of pyridine rings is 1. The SMILES string of the molecule is NC1CCN(c2c(F)cc3c(=O)c(C(=O)NCc4ccccc4C4CCCCC4)cn4c3c2Oc2cc3ccccc3cc2-4)C1. The van der Waals surface area contributed by atoms with Gasteiger partial charge < -0.3 is 25.3 Å². The van der Waals surface area contributed by atoms with E-state index in [0.717, 1.165) is 35.6 Å². The molecule has 3 heterocycles. The van der Waals surface area contributed by atoms with Crippen molar-refractivity contribution >= 4 is 33.3 Å². The largest absolute Gasteiger partial charge is 0.451 e. The molecule has 2 fully saturated rings. The Morgan fingerprint density at radius 1 is 0.978 bits per heavy atom. The van der Waals surface area contributed by atoms with Gasteiger partial charge in [-0.05, 0) is 65.3 Å². The van der Waals surface area contributed by atoms with E-state index >= 15 is 4.39 Å². The molecule has 3 N–H and O–H groups in total. The van der Waals surface area contributed by atoms with Gasteiger partial charge in [-0.1, -0.05) is 67.8 Å². The third-order valence-electron chi connectivity index (χ3n) is 9.79. The number of carbonyl (C=O) groups is 1. The summed E-state index contributed by atoms with van der Waals surface area (Å²) in [7, 11) is 0. The smallest absolute Gasteiger partial charge is 0.257 e. The minimum Gasteiger partial charge on any atom is -0.451 e. The van der Waals surface area contributed by atoms with Gasteiger partial charge in [-0.15, -0.1) is 0 Å². The summed E-state index contributed by atoms with van der Waals surface area (Å²) in [6, 6.07) is 21.2. The molecule has 8 rings (SSSR count). The van der Waals surface area contributed by atoms with Crippen LogP contribution < -0.4 is 26.1 Å². The molecule has 0 radical (unpaired) electrons. The van der Waals surface area contributed by atoms with Gasteiger partial charge >= 0.3 is 0 Å². The number of nitrogens with two attached hydrogens (primary N) is 1. The fourth-order valence-corrected chi connectivity index (χ4v) is 7.51. The number of amides is 1. The molecular formula is C37H35FN4O3. The zero-order chi connectivity index (χ0) is 30.7. The third kappa shape index (κ3) is 4.75. The summed E-state index contributed by atoms with van der Waals surface area (Å²) in [5.41, 5.74) is 9.36. The predicted molar refractivity (Wildman–Crippen MR) is 175 cm³/mol. The van der Waals surface area contributed by atoms with Crippen LogP contribution in [-0.4, -0.2) is 29.6 Å². The van der Waals surface area contributed by atoms with Crippen LogP contribution in [0.1, 0.15) is 65.9 Å². The fourth-order valence-electron chi connectivity index (χ4n) is 7.51. The Bertz CT molecular complexity index is 2050. The number of nitrogens with zero attached hydrogens (tertiary/aromatic N) is 2. The van der Waals surface area contributed by atoms with E-state index in [2.05, 4.69) is 17.4 Å². The Kier molecular flexibility index (Phi) is 6.82. The molecule has 2 aliphatic heterocycles. The van der Waals surface area contributed by atoms with Crippen molar-refractivity contribution in [3.63, 3.8) is 0 Å². The molecule has 5 aromatic rings. The average Bonchev–Trinajstić information content (AvgIpc) is 3.49. The highest BCUT2D eigenvalue weighted by Crippen LogP contribution is 2.48. The monoisotopic (exact) mass is 602 g/mol. The lowest BCUT2D eigenvalue weighted by atomic mass is 9.82. The van der Waals surface area contributed by atoms with E-state index < -0.39 is 17.2 Å². The van der Waals surface area contributed by atoms with E-state index in [1.165, 1.54) is 30.9 Å². The van der Waals surface area contributed by atoms with Crippen LogP contribution >= 0.6 is 0 Å². The van der Waals surface area contributed by atoms with Crippen molar-refractivity contribution < 1.29 is 13.9 Å². The fraction of sp³-hybridized carbons (Fsp3) is 0.297. The molecule has 0 spiro atoms. The highest BCUT2D eigenvalue weighted by molar-refractivity contribution is 6.02. The lowest BCUT2D eigenvalue weighted by Crippen LogP contribution is -2.31. The van der Waals surface area contributed by atoms with Crippen LogP contribution in [0.2, 0.25) is 0 Å². The number of aromatic nitrogens is 1. The van der Waals surface area contributed by atoms with E-state index in [0.29, 0.717) is 48.2 Å². The normalized spacial score (nSPS) is 17.8. The lowest BCUT2D eigenvalue weighted by Gasteiger charge is -2.29. The summed E-state index contributed by atoms with van der Waals surface area (Å²) >= 11 is 0. The summed E-state index contributed by atoms with van der Waals surface area (Å²) in [5.74, 6) is 0.212. The van der Waals surface area contributed by atoms with Crippen LogP contribution in [0.4, 0.5) is 10.1 Å². The molecule has 1 unspecified atom stereocenters.